The summed E-state index contributed by atoms with van der Waals surface area (Å²) < 4.78 is 7.65. The molecule has 3 rings (SSSR count). The third kappa shape index (κ3) is 3.85. The second-order valence-electron chi connectivity index (χ2n) is 5.66. The number of benzene rings is 2. The summed E-state index contributed by atoms with van der Waals surface area (Å²) in [6.07, 6.45) is 2.56. The summed E-state index contributed by atoms with van der Waals surface area (Å²) >= 11 is 0. The lowest BCUT2D eigenvalue weighted by Gasteiger charge is -2.08. The van der Waals surface area contributed by atoms with Crippen molar-refractivity contribution < 1.29 is 9.66 Å². The van der Waals surface area contributed by atoms with Gasteiger partial charge in [-0.1, -0.05) is 42.5 Å². The maximum Gasteiger partial charge on any atom is 0.310 e. The second kappa shape index (κ2) is 7.61. The molecule has 6 heteroatoms. The van der Waals surface area contributed by atoms with E-state index < -0.39 is 4.92 Å². The Labute approximate surface area is 145 Å². The molecule has 1 heterocycles. The molecule has 3 aromatic rings. The molecule has 0 atom stereocenters. The maximum atomic E-state index is 11.0. The van der Waals surface area contributed by atoms with Crippen LogP contribution in [0.4, 0.5) is 5.69 Å². The van der Waals surface area contributed by atoms with E-state index in [1.54, 1.807) is 18.2 Å². The zero-order valence-corrected chi connectivity index (χ0v) is 14.0. The number of hydrogen-bond donors (Lipinski definition) is 0. The van der Waals surface area contributed by atoms with Crippen LogP contribution in [0.15, 0.2) is 60.9 Å². The molecule has 0 unspecified atom stereocenters. The van der Waals surface area contributed by atoms with Crippen molar-refractivity contribution in [3.8, 4) is 17.0 Å². The Morgan fingerprint density at radius 3 is 2.60 bits per heavy atom. The summed E-state index contributed by atoms with van der Waals surface area (Å²) in [7, 11) is 0. The van der Waals surface area contributed by atoms with Gasteiger partial charge in [-0.05, 0) is 19.4 Å². The third-order valence-electron chi connectivity index (χ3n) is 4.01. The summed E-state index contributed by atoms with van der Waals surface area (Å²) in [6, 6.07) is 16.5. The zero-order chi connectivity index (χ0) is 17.6. The van der Waals surface area contributed by atoms with Gasteiger partial charge < -0.3 is 9.30 Å². The first-order chi connectivity index (χ1) is 12.2. The monoisotopic (exact) mass is 337 g/mol. The van der Waals surface area contributed by atoms with Crippen LogP contribution in [-0.2, 0) is 6.54 Å². The van der Waals surface area contributed by atoms with Crippen LogP contribution in [0.25, 0.3) is 11.3 Å². The van der Waals surface area contributed by atoms with Crippen LogP contribution in [0, 0.1) is 17.0 Å². The molecule has 25 heavy (non-hydrogen) atoms. The van der Waals surface area contributed by atoms with E-state index in [1.807, 2.05) is 43.6 Å². The average molecular weight is 337 g/mol. The molecule has 0 radical (unpaired) electrons. The van der Waals surface area contributed by atoms with E-state index >= 15 is 0 Å². The smallest absolute Gasteiger partial charge is 0.310 e. The number of aromatic nitrogens is 2. The minimum atomic E-state index is -0.429. The highest BCUT2D eigenvalue weighted by Crippen LogP contribution is 2.26. The molecule has 0 N–H and O–H groups in total. The summed E-state index contributed by atoms with van der Waals surface area (Å²) in [6.45, 7) is 3.19. The van der Waals surface area contributed by atoms with E-state index in [4.69, 9.17) is 4.74 Å². The number of hydrogen-bond acceptors (Lipinski definition) is 4. The molecule has 6 nitrogen and oxygen atoms in total. The number of rotatable bonds is 7. The van der Waals surface area contributed by atoms with Gasteiger partial charge in [0.25, 0.3) is 0 Å². The first-order valence-electron chi connectivity index (χ1n) is 8.10. The van der Waals surface area contributed by atoms with Gasteiger partial charge in [0.1, 0.15) is 0 Å². The summed E-state index contributed by atoms with van der Waals surface area (Å²) in [5.41, 5.74) is 3.15. The van der Waals surface area contributed by atoms with Crippen molar-refractivity contribution in [1.82, 2.24) is 9.55 Å². The maximum absolute atomic E-state index is 11.0. The third-order valence-corrected chi connectivity index (χ3v) is 4.01. The van der Waals surface area contributed by atoms with Crippen LogP contribution >= 0.6 is 0 Å². The molecule has 0 aliphatic rings. The highest BCUT2D eigenvalue weighted by atomic mass is 16.6. The number of imidazole rings is 1. The first kappa shape index (κ1) is 16.7. The van der Waals surface area contributed by atoms with Crippen LogP contribution < -0.4 is 4.74 Å². The lowest BCUT2D eigenvalue weighted by molar-refractivity contribution is -0.385. The minimum Gasteiger partial charge on any atom is -0.487 e. The molecule has 0 bridgehead atoms. The Morgan fingerprint density at radius 2 is 1.84 bits per heavy atom. The van der Waals surface area contributed by atoms with E-state index in [2.05, 4.69) is 9.55 Å². The van der Waals surface area contributed by atoms with Gasteiger partial charge in [-0.15, -0.1) is 0 Å². The standard InChI is InChI=1S/C19H19N3O3/c1-15-19(16-8-3-2-4-9-16)20-14-21(15)12-7-13-25-18-11-6-5-10-17(18)22(23)24/h2-6,8-11,14H,7,12-13H2,1H3. The number of aryl methyl sites for hydroxylation is 1. The average Bonchev–Trinajstić information content (AvgIpc) is 3.00. The topological polar surface area (TPSA) is 70.2 Å². The van der Waals surface area contributed by atoms with Crippen LogP contribution in [0.5, 0.6) is 5.75 Å². The molecule has 0 amide bonds. The predicted octanol–water partition coefficient (Wildman–Crippen LogP) is 4.24. The van der Waals surface area contributed by atoms with Crippen molar-refractivity contribution in [1.29, 1.82) is 0 Å². The van der Waals surface area contributed by atoms with E-state index in [0.29, 0.717) is 12.4 Å². The molecule has 0 saturated heterocycles. The van der Waals surface area contributed by atoms with Gasteiger partial charge in [0.05, 0.1) is 23.6 Å². The van der Waals surface area contributed by atoms with Crippen LogP contribution in [-0.4, -0.2) is 21.1 Å². The van der Waals surface area contributed by atoms with Crippen molar-refractivity contribution >= 4 is 5.69 Å². The number of nitro benzene ring substituents is 1. The van der Waals surface area contributed by atoms with Gasteiger partial charge in [-0.2, -0.15) is 0 Å². The molecule has 0 spiro atoms. The normalized spacial score (nSPS) is 10.6. The molecular weight excluding hydrogens is 318 g/mol. The van der Waals surface area contributed by atoms with Crippen molar-refractivity contribution in [3.63, 3.8) is 0 Å². The highest BCUT2D eigenvalue weighted by Gasteiger charge is 2.13. The number of ether oxygens (including phenoxy) is 1. The van der Waals surface area contributed by atoms with Gasteiger partial charge in [0.2, 0.25) is 0 Å². The predicted molar refractivity (Wildman–Crippen MR) is 95.6 cm³/mol. The van der Waals surface area contributed by atoms with Crippen molar-refractivity contribution in [2.75, 3.05) is 6.61 Å². The van der Waals surface area contributed by atoms with Gasteiger partial charge in [0.15, 0.2) is 5.75 Å². The molecule has 0 saturated carbocycles. The number of para-hydroxylation sites is 2. The Kier molecular flexibility index (Phi) is 5.09. The quantitative estimate of drug-likeness (QED) is 0.367. The Bertz CT molecular complexity index is 859. The van der Waals surface area contributed by atoms with E-state index in [0.717, 1.165) is 29.9 Å². The molecule has 1 aromatic heterocycles. The van der Waals surface area contributed by atoms with E-state index in [-0.39, 0.29) is 5.69 Å². The summed E-state index contributed by atoms with van der Waals surface area (Å²) in [4.78, 5) is 15.0. The second-order valence-corrected chi connectivity index (χ2v) is 5.66. The Morgan fingerprint density at radius 1 is 1.12 bits per heavy atom. The minimum absolute atomic E-state index is 0.00678. The van der Waals surface area contributed by atoms with Gasteiger partial charge in [-0.25, -0.2) is 4.98 Å². The van der Waals surface area contributed by atoms with Crippen LogP contribution in [0.2, 0.25) is 0 Å². The van der Waals surface area contributed by atoms with E-state index in [9.17, 15) is 10.1 Å². The molecular formula is C19H19N3O3. The first-order valence-corrected chi connectivity index (χ1v) is 8.10. The molecule has 0 aliphatic heterocycles. The van der Waals surface area contributed by atoms with Crippen LogP contribution in [0.3, 0.4) is 0 Å². The number of nitrogens with zero attached hydrogens (tertiary/aromatic N) is 3. The van der Waals surface area contributed by atoms with Gasteiger partial charge in [-0.3, -0.25) is 10.1 Å². The van der Waals surface area contributed by atoms with Gasteiger partial charge >= 0.3 is 5.69 Å². The largest absolute Gasteiger partial charge is 0.487 e. The summed E-state index contributed by atoms with van der Waals surface area (Å²) in [5, 5.41) is 11.0. The fourth-order valence-electron chi connectivity index (χ4n) is 2.70. The van der Waals surface area contributed by atoms with Crippen molar-refractivity contribution in [3.05, 3.63) is 76.7 Å². The molecule has 2 aromatic carbocycles. The molecule has 128 valence electrons. The lowest BCUT2D eigenvalue weighted by atomic mass is 10.1. The number of nitro groups is 1. The van der Waals surface area contributed by atoms with Gasteiger partial charge in [0, 0.05) is 23.9 Å². The fourth-order valence-corrected chi connectivity index (χ4v) is 2.70. The lowest BCUT2D eigenvalue weighted by Crippen LogP contribution is -2.06. The van der Waals surface area contributed by atoms with Crippen LogP contribution in [0.1, 0.15) is 12.1 Å². The fraction of sp³-hybridized carbons (Fsp3) is 0.211. The Hall–Kier alpha value is -3.15. The SMILES string of the molecule is Cc1c(-c2ccccc2)ncn1CCCOc1ccccc1[N+](=O)[O-]. The zero-order valence-electron chi connectivity index (χ0n) is 14.0. The molecule has 0 fully saturated rings. The highest BCUT2D eigenvalue weighted by molar-refractivity contribution is 5.61. The van der Waals surface area contributed by atoms with E-state index in [1.165, 1.54) is 6.07 Å². The van der Waals surface area contributed by atoms with Crippen molar-refractivity contribution in [2.45, 2.75) is 19.9 Å². The summed E-state index contributed by atoms with van der Waals surface area (Å²) in [5.74, 6) is 0.305. The molecule has 0 aliphatic carbocycles. The van der Waals surface area contributed by atoms with Crippen molar-refractivity contribution in [2.24, 2.45) is 0 Å². The Balaban J connectivity index is 1.59.